The van der Waals surface area contributed by atoms with Crippen LogP contribution in [0, 0.1) is 0 Å². The zero-order valence-corrected chi connectivity index (χ0v) is 11.4. The third-order valence-corrected chi connectivity index (χ3v) is 3.41. The number of piperidine rings is 1. The third-order valence-electron chi connectivity index (χ3n) is 3.41. The highest BCUT2D eigenvalue weighted by atomic mass is 16.5. The molecular weight excluding hydrogens is 254 g/mol. The average molecular weight is 271 g/mol. The lowest BCUT2D eigenvalue weighted by Gasteiger charge is -2.24. The lowest BCUT2D eigenvalue weighted by atomic mass is 10.1. The minimum absolute atomic E-state index is 0.0989. The molecule has 1 atom stereocenters. The highest BCUT2D eigenvalue weighted by Gasteiger charge is 2.18. The summed E-state index contributed by atoms with van der Waals surface area (Å²) in [7, 11) is 0. The molecule has 0 spiro atoms. The molecule has 3 rings (SSSR count). The highest BCUT2D eigenvalue weighted by Crippen LogP contribution is 2.24. The number of nitrogens with one attached hydrogen (secondary N) is 1. The molecule has 1 fully saturated rings. The second-order valence-corrected chi connectivity index (χ2v) is 5.01. The molecular formula is C15H17N3O2. The third kappa shape index (κ3) is 2.63. The Morgan fingerprint density at radius 1 is 1.35 bits per heavy atom. The van der Waals surface area contributed by atoms with Crippen LogP contribution in [0.15, 0.2) is 24.3 Å². The predicted molar refractivity (Wildman–Crippen MR) is 76.1 cm³/mol. The molecule has 0 aliphatic carbocycles. The first-order valence-electron chi connectivity index (χ1n) is 6.89. The first-order valence-corrected chi connectivity index (χ1v) is 6.89. The zero-order valence-electron chi connectivity index (χ0n) is 11.4. The molecule has 0 saturated carbocycles. The molecule has 0 radical (unpaired) electrons. The smallest absolute Gasteiger partial charge is 0.225 e. The van der Waals surface area contributed by atoms with Gasteiger partial charge in [0.2, 0.25) is 5.88 Å². The Morgan fingerprint density at radius 3 is 2.95 bits per heavy atom. The summed E-state index contributed by atoms with van der Waals surface area (Å²) in [6.07, 6.45) is 2.19. The van der Waals surface area contributed by atoms with E-state index in [1.54, 1.807) is 0 Å². The van der Waals surface area contributed by atoms with Crippen LogP contribution in [0.25, 0.3) is 10.9 Å². The lowest BCUT2D eigenvalue weighted by Crippen LogP contribution is -2.37. The Bertz CT molecular complexity index is 636. The summed E-state index contributed by atoms with van der Waals surface area (Å²) in [6, 6.07) is 7.61. The summed E-state index contributed by atoms with van der Waals surface area (Å²) in [6.45, 7) is 3.31. The van der Waals surface area contributed by atoms with Crippen molar-refractivity contribution in [3.8, 4) is 5.88 Å². The maximum atomic E-state index is 11.5. The fraction of sp³-hybridized carbons (Fsp3) is 0.400. The number of hydrogen-bond acceptors (Lipinski definition) is 5. The van der Waals surface area contributed by atoms with Crippen molar-refractivity contribution in [2.24, 2.45) is 0 Å². The van der Waals surface area contributed by atoms with E-state index in [-0.39, 0.29) is 17.7 Å². The number of Topliss-reactive ketones (excluding diaryl/α,β-unsaturated/α-hetero) is 1. The van der Waals surface area contributed by atoms with Crippen LogP contribution in [0.3, 0.4) is 0 Å². The largest absolute Gasteiger partial charge is 0.472 e. The van der Waals surface area contributed by atoms with Gasteiger partial charge in [-0.15, -0.1) is 0 Å². The van der Waals surface area contributed by atoms with Crippen molar-refractivity contribution in [1.82, 2.24) is 15.3 Å². The van der Waals surface area contributed by atoms with Crippen molar-refractivity contribution in [2.45, 2.75) is 25.9 Å². The Balaban J connectivity index is 2.00. The van der Waals surface area contributed by atoms with Crippen LogP contribution in [-0.4, -0.2) is 34.9 Å². The van der Waals surface area contributed by atoms with Gasteiger partial charge in [-0.1, -0.05) is 12.1 Å². The minimum Gasteiger partial charge on any atom is -0.472 e. The van der Waals surface area contributed by atoms with Gasteiger partial charge in [-0.05, 0) is 31.5 Å². The number of nitrogens with zero attached hydrogens (tertiary/aromatic N) is 2. The molecule has 2 heterocycles. The summed E-state index contributed by atoms with van der Waals surface area (Å²) < 4.78 is 5.99. The summed E-state index contributed by atoms with van der Waals surface area (Å²) >= 11 is 0. The number of aromatic nitrogens is 2. The van der Waals surface area contributed by atoms with Crippen LogP contribution in [0.2, 0.25) is 0 Å². The number of carbonyl (C=O) groups is 1. The monoisotopic (exact) mass is 271 g/mol. The average Bonchev–Trinajstić information content (AvgIpc) is 2.48. The van der Waals surface area contributed by atoms with E-state index >= 15 is 0 Å². The number of benzene rings is 1. The molecule has 1 aromatic carbocycles. The number of fused-ring (bicyclic) bond motifs is 1. The van der Waals surface area contributed by atoms with Gasteiger partial charge >= 0.3 is 0 Å². The van der Waals surface area contributed by atoms with Crippen molar-refractivity contribution < 1.29 is 9.53 Å². The fourth-order valence-corrected chi connectivity index (χ4v) is 2.37. The molecule has 2 aromatic rings. The number of carbonyl (C=O) groups excluding carboxylic acids is 1. The van der Waals surface area contributed by atoms with E-state index in [2.05, 4.69) is 15.3 Å². The summed E-state index contributed by atoms with van der Waals surface area (Å²) in [5, 5.41) is 4.16. The Hall–Kier alpha value is -2.01. The van der Waals surface area contributed by atoms with Crippen molar-refractivity contribution in [3.63, 3.8) is 0 Å². The normalized spacial score (nSPS) is 18.9. The first-order chi connectivity index (χ1) is 9.74. The predicted octanol–water partition coefficient (Wildman–Crippen LogP) is 1.96. The SMILES string of the molecule is CC(=O)c1nc(OC2CCCNC2)c2ccccc2n1. The second kappa shape index (κ2) is 5.54. The number of ketones is 1. The van der Waals surface area contributed by atoms with Gasteiger partial charge in [0.15, 0.2) is 11.6 Å². The van der Waals surface area contributed by atoms with E-state index in [9.17, 15) is 4.79 Å². The number of para-hydroxylation sites is 1. The molecule has 0 amide bonds. The Kier molecular flexibility index (Phi) is 3.60. The minimum atomic E-state index is -0.151. The summed E-state index contributed by atoms with van der Waals surface area (Å²) in [5.41, 5.74) is 0.742. The van der Waals surface area contributed by atoms with Gasteiger partial charge in [-0.3, -0.25) is 4.79 Å². The van der Waals surface area contributed by atoms with Gasteiger partial charge in [0, 0.05) is 13.5 Å². The highest BCUT2D eigenvalue weighted by molar-refractivity contribution is 5.94. The zero-order chi connectivity index (χ0) is 13.9. The van der Waals surface area contributed by atoms with E-state index in [4.69, 9.17) is 4.74 Å². The second-order valence-electron chi connectivity index (χ2n) is 5.01. The van der Waals surface area contributed by atoms with Crippen LogP contribution in [0.1, 0.15) is 30.4 Å². The van der Waals surface area contributed by atoms with E-state index in [1.807, 2.05) is 24.3 Å². The van der Waals surface area contributed by atoms with Gasteiger partial charge < -0.3 is 10.1 Å². The van der Waals surface area contributed by atoms with Crippen LogP contribution in [0.5, 0.6) is 5.88 Å². The van der Waals surface area contributed by atoms with E-state index in [0.29, 0.717) is 5.88 Å². The molecule has 104 valence electrons. The van der Waals surface area contributed by atoms with Crippen LogP contribution in [-0.2, 0) is 0 Å². The molecule has 1 aliphatic rings. The molecule has 5 heteroatoms. The van der Waals surface area contributed by atoms with E-state index in [0.717, 1.165) is 36.8 Å². The van der Waals surface area contributed by atoms with Gasteiger partial charge in [-0.25, -0.2) is 4.98 Å². The van der Waals surface area contributed by atoms with Gasteiger partial charge in [0.05, 0.1) is 10.9 Å². The standard InChI is InChI=1S/C15H17N3O2/c1-10(19)14-17-13-7-3-2-6-12(13)15(18-14)20-11-5-4-8-16-9-11/h2-3,6-7,11,16H,4-5,8-9H2,1H3. The van der Waals surface area contributed by atoms with Gasteiger partial charge in [0.25, 0.3) is 0 Å². The van der Waals surface area contributed by atoms with Crippen molar-refractivity contribution in [3.05, 3.63) is 30.1 Å². The number of hydrogen-bond donors (Lipinski definition) is 1. The number of rotatable bonds is 3. The fourth-order valence-electron chi connectivity index (χ4n) is 2.37. The van der Waals surface area contributed by atoms with Crippen molar-refractivity contribution >= 4 is 16.7 Å². The summed E-state index contributed by atoms with van der Waals surface area (Å²) in [5.74, 6) is 0.569. The van der Waals surface area contributed by atoms with Crippen LogP contribution < -0.4 is 10.1 Å². The van der Waals surface area contributed by atoms with Crippen LogP contribution in [0.4, 0.5) is 0 Å². The van der Waals surface area contributed by atoms with Gasteiger partial charge in [-0.2, -0.15) is 4.98 Å². The molecule has 1 saturated heterocycles. The molecule has 1 aliphatic heterocycles. The Labute approximate surface area is 117 Å². The molecule has 20 heavy (non-hydrogen) atoms. The Morgan fingerprint density at radius 2 is 2.20 bits per heavy atom. The first kappa shape index (κ1) is 13.0. The van der Waals surface area contributed by atoms with Crippen molar-refractivity contribution in [2.75, 3.05) is 13.1 Å². The maximum Gasteiger partial charge on any atom is 0.225 e. The lowest BCUT2D eigenvalue weighted by molar-refractivity contribution is 0.100. The quantitative estimate of drug-likeness (QED) is 0.865. The molecule has 5 nitrogen and oxygen atoms in total. The maximum absolute atomic E-state index is 11.5. The van der Waals surface area contributed by atoms with Crippen molar-refractivity contribution in [1.29, 1.82) is 0 Å². The van der Waals surface area contributed by atoms with Crippen LogP contribution >= 0.6 is 0 Å². The number of ether oxygens (including phenoxy) is 1. The van der Waals surface area contributed by atoms with E-state index in [1.165, 1.54) is 6.92 Å². The van der Waals surface area contributed by atoms with E-state index < -0.39 is 0 Å². The summed E-state index contributed by atoms with van der Waals surface area (Å²) in [4.78, 5) is 20.1. The van der Waals surface area contributed by atoms with Gasteiger partial charge in [0.1, 0.15) is 6.10 Å². The molecule has 1 unspecified atom stereocenters. The molecule has 0 bridgehead atoms. The molecule has 1 N–H and O–H groups in total. The topological polar surface area (TPSA) is 64.1 Å². The molecule has 1 aromatic heterocycles.